The first-order chi connectivity index (χ1) is 17.2. The van der Waals surface area contributed by atoms with Crippen LogP contribution in [0.4, 0.5) is 10.1 Å². The Balaban J connectivity index is 2.43. The van der Waals surface area contributed by atoms with Gasteiger partial charge >= 0.3 is 11.9 Å². The average Bonchev–Trinajstić information content (AvgIpc) is 2.87. The van der Waals surface area contributed by atoms with Crippen molar-refractivity contribution in [1.82, 2.24) is 0 Å². The molecule has 1 aromatic rings. The van der Waals surface area contributed by atoms with E-state index in [-0.39, 0.29) is 52.1 Å². The molecular weight excluding hydrogens is 532 g/mol. The van der Waals surface area contributed by atoms with Gasteiger partial charge in [0.25, 0.3) is 5.91 Å². The maximum atomic E-state index is 15.0. The van der Waals surface area contributed by atoms with E-state index in [1.807, 2.05) is 6.92 Å². The Morgan fingerprint density at radius 2 is 1.75 bits per heavy atom. The van der Waals surface area contributed by atoms with Crippen LogP contribution in [0.1, 0.15) is 58.8 Å². The minimum atomic E-state index is -0.924. The molecule has 1 aliphatic carbocycles. The van der Waals surface area contributed by atoms with Crippen molar-refractivity contribution in [2.75, 3.05) is 29.7 Å². The molecule has 0 heterocycles. The Morgan fingerprint density at radius 3 is 2.39 bits per heavy atom. The SMILES string of the molecule is CCCCCOC(=O)C1=C(C(=O)N(C(=O)CCl)c2cc(SCC(=O)OCC)c(Cl)cc2F)CCCC1. The maximum Gasteiger partial charge on any atom is 0.334 e. The van der Waals surface area contributed by atoms with E-state index in [0.29, 0.717) is 30.6 Å². The average molecular weight is 562 g/mol. The molecule has 0 saturated carbocycles. The fourth-order valence-electron chi connectivity index (χ4n) is 3.66. The van der Waals surface area contributed by atoms with Crippen molar-refractivity contribution in [2.24, 2.45) is 0 Å². The lowest BCUT2D eigenvalue weighted by molar-refractivity contribution is -0.140. The number of benzene rings is 1. The largest absolute Gasteiger partial charge is 0.465 e. The zero-order valence-corrected chi connectivity index (χ0v) is 22.7. The number of ether oxygens (including phenoxy) is 2. The monoisotopic (exact) mass is 561 g/mol. The van der Waals surface area contributed by atoms with Gasteiger partial charge in [0.2, 0.25) is 5.91 Å². The summed E-state index contributed by atoms with van der Waals surface area (Å²) in [6.07, 6.45) is 4.45. The lowest BCUT2D eigenvalue weighted by Crippen LogP contribution is -2.40. The summed E-state index contributed by atoms with van der Waals surface area (Å²) in [6, 6.07) is 2.18. The topological polar surface area (TPSA) is 90.0 Å². The zero-order chi connectivity index (χ0) is 26.7. The van der Waals surface area contributed by atoms with Crippen molar-refractivity contribution in [2.45, 2.75) is 63.7 Å². The molecule has 0 aromatic heterocycles. The Kier molecular flexibility index (Phi) is 12.7. The van der Waals surface area contributed by atoms with Crippen molar-refractivity contribution < 1.29 is 33.0 Å². The van der Waals surface area contributed by atoms with Crippen LogP contribution in [-0.2, 0) is 28.7 Å². The molecule has 7 nitrogen and oxygen atoms in total. The highest BCUT2D eigenvalue weighted by molar-refractivity contribution is 8.00. The molecule has 0 N–H and O–H groups in total. The highest BCUT2D eigenvalue weighted by Gasteiger charge is 2.33. The molecule has 36 heavy (non-hydrogen) atoms. The third-order valence-electron chi connectivity index (χ3n) is 5.41. The van der Waals surface area contributed by atoms with E-state index >= 15 is 4.39 Å². The second kappa shape index (κ2) is 15.2. The van der Waals surface area contributed by atoms with E-state index in [0.717, 1.165) is 30.7 Å². The summed E-state index contributed by atoms with van der Waals surface area (Å²) in [5.74, 6) is -4.41. The van der Waals surface area contributed by atoms with Crippen LogP contribution in [0.25, 0.3) is 0 Å². The van der Waals surface area contributed by atoms with Gasteiger partial charge < -0.3 is 9.47 Å². The summed E-state index contributed by atoms with van der Waals surface area (Å²) >= 11 is 12.9. The molecule has 2 amide bonds. The Labute approximate surface area is 224 Å². The molecule has 11 heteroatoms. The van der Waals surface area contributed by atoms with Gasteiger partial charge in [0.1, 0.15) is 11.7 Å². The van der Waals surface area contributed by atoms with E-state index in [1.165, 1.54) is 6.07 Å². The molecule has 2 rings (SSSR count). The van der Waals surface area contributed by atoms with Gasteiger partial charge in [0.15, 0.2) is 0 Å². The lowest BCUT2D eigenvalue weighted by Gasteiger charge is -2.26. The van der Waals surface area contributed by atoms with Gasteiger partial charge in [0, 0.05) is 16.0 Å². The standard InChI is InChI=1S/C25H30Cl2FNO6S/c1-3-5-8-11-35-25(33)17-10-7-6-9-16(17)24(32)29(22(30)14-26)20-13-21(18(27)12-19(20)28)36-15-23(31)34-4-2/h12-13H,3-11,14-15H2,1-2H3. The quantitative estimate of drug-likeness (QED) is 0.137. The van der Waals surface area contributed by atoms with Crippen LogP contribution in [0.2, 0.25) is 5.02 Å². The van der Waals surface area contributed by atoms with Gasteiger partial charge in [-0.05, 0) is 51.2 Å². The van der Waals surface area contributed by atoms with Crippen LogP contribution in [0.3, 0.4) is 0 Å². The molecule has 0 saturated heterocycles. The van der Waals surface area contributed by atoms with Gasteiger partial charge in [0.05, 0.1) is 29.7 Å². The van der Waals surface area contributed by atoms with E-state index < -0.39 is 35.5 Å². The third kappa shape index (κ3) is 8.21. The minimum absolute atomic E-state index is 0.00416. The number of hydrogen-bond acceptors (Lipinski definition) is 7. The lowest BCUT2D eigenvalue weighted by atomic mass is 9.90. The third-order valence-corrected chi connectivity index (χ3v) is 7.10. The van der Waals surface area contributed by atoms with Crippen molar-refractivity contribution in [3.8, 4) is 0 Å². The second-order valence-corrected chi connectivity index (χ2v) is 9.69. The summed E-state index contributed by atoms with van der Waals surface area (Å²) < 4.78 is 25.3. The van der Waals surface area contributed by atoms with Crippen LogP contribution >= 0.6 is 35.0 Å². The number of thioether (sulfide) groups is 1. The first-order valence-electron chi connectivity index (χ1n) is 11.8. The highest BCUT2D eigenvalue weighted by atomic mass is 35.5. The smallest absolute Gasteiger partial charge is 0.334 e. The van der Waals surface area contributed by atoms with Crippen LogP contribution < -0.4 is 4.90 Å². The number of amides is 2. The molecule has 0 spiro atoms. The second-order valence-electron chi connectivity index (χ2n) is 8.00. The zero-order valence-electron chi connectivity index (χ0n) is 20.4. The number of nitrogens with zero attached hydrogens (tertiary/aromatic N) is 1. The summed E-state index contributed by atoms with van der Waals surface area (Å²) in [5.41, 5.74) is -0.0631. The Hall–Kier alpha value is -2.10. The van der Waals surface area contributed by atoms with Crippen molar-refractivity contribution in [3.05, 3.63) is 34.1 Å². The van der Waals surface area contributed by atoms with E-state index in [9.17, 15) is 19.2 Å². The van der Waals surface area contributed by atoms with Crippen molar-refractivity contribution in [3.63, 3.8) is 0 Å². The summed E-state index contributed by atoms with van der Waals surface area (Å²) in [5, 5.41) is 0.00416. The fourth-order valence-corrected chi connectivity index (χ4v) is 4.84. The number of rotatable bonds is 12. The van der Waals surface area contributed by atoms with Gasteiger partial charge in [-0.3, -0.25) is 14.4 Å². The van der Waals surface area contributed by atoms with E-state index in [4.69, 9.17) is 32.7 Å². The molecule has 0 fully saturated rings. The Morgan fingerprint density at radius 1 is 1.06 bits per heavy atom. The molecule has 198 valence electrons. The summed E-state index contributed by atoms with van der Waals surface area (Å²) in [7, 11) is 0. The van der Waals surface area contributed by atoms with Gasteiger partial charge in [-0.2, -0.15) is 0 Å². The summed E-state index contributed by atoms with van der Waals surface area (Å²) in [4.78, 5) is 51.8. The number of halogens is 3. The normalized spacial score (nSPS) is 13.4. The predicted octanol–water partition coefficient (Wildman–Crippen LogP) is 5.84. The first kappa shape index (κ1) is 30.1. The van der Waals surface area contributed by atoms with Gasteiger partial charge in [-0.15, -0.1) is 23.4 Å². The molecular formula is C25H30Cl2FNO6S. The van der Waals surface area contributed by atoms with Crippen LogP contribution in [-0.4, -0.2) is 48.6 Å². The van der Waals surface area contributed by atoms with Crippen LogP contribution in [0, 0.1) is 5.82 Å². The summed E-state index contributed by atoms with van der Waals surface area (Å²) in [6.45, 7) is 4.13. The van der Waals surface area contributed by atoms with Crippen LogP contribution in [0.15, 0.2) is 28.2 Å². The molecule has 1 aliphatic rings. The minimum Gasteiger partial charge on any atom is -0.465 e. The van der Waals surface area contributed by atoms with Crippen molar-refractivity contribution >= 4 is 64.4 Å². The number of alkyl halides is 1. The Bertz CT molecular complexity index is 1020. The van der Waals surface area contributed by atoms with Crippen LogP contribution in [0.5, 0.6) is 0 Å². The number of imide groups is 1. The van der Waals surface area contributed by atoms with E-state index in [1.54, 1.807) is 6.92 Å². The predicted molar refractivity (Wildman–Crippen MR) is 138 cm³/mol. The molecule has 0 aliphatic heterocycles. The number of carbonyl (C=O) groups is 4. The van der Waals surface area contributed by atoms with Crippen molar-refractivity contribution in [1.29, 1.82) is 0 Å². The fraction of sp³-hybridized carbons (Fsp3) is 0.520. The van der Waals surface area contributed by atoms with E-state index in [2.05, 4.69) is 0 Å². The number of carbonyl (C=O) groups excluding carboxylic acids is 4. The highest BCUT2D eigenvalue weighted by Crippen LogP contribution is 2.36. The maximum absolute atomic E-state index is 15.0. The van der Waals surface area contributed by atoms with Gasteiger partial charge in [-0.1, -0.05) is 31.4 Å². The number of unbranched alkanes of at least 4 members (excludes halogenated alkanes) is 2. The van der Waals surface area contributed by atoms with Gasteiger partial charge in [-0.25, -0.2) is 14.1 Å². The number of esters is 2. The first-order valence-corrected chi connectivity index (χ1v) is 13.7. The molecule has 0 unspecified atom stereocenters. The number of hydrogen-bond donors (Lipinski definition) is 0. The molecule has 0 radical (unpaired) electrons. The molecule has 0 bridgehead atoms. The molecule has 0 atom stereocenters. The number of anilines is 1. The molecule has 1 aromatic carbocycles.